The van der Waals surface area contributed by atoms with E-state index in [1.807, 2.05) is 4.72 Å². The van der Waals surface area contributed by atoms with Crippen molar-refractivity contribution in [1.82, 2.24) is 0 Å². The molecule has 2 rings (SSSR count). The zero-order valence-corrected chi connectivity index (χ0v) is 16.7. The van der Waals surface area contributed by atoms with E-state index >= 15 is 0 Å². The number of methoxy groups -OCH3 is 1. The Labute approximate surface area is 169 Å². The fraction of sp³-hybridized carbons (Fsp3) is 0.222. The zero-order chi connectivity index (χ0) is 22.8. The molecule has 0 amide bonds. The van der Waals surface area contributed by atoms with Gasteiger partial charge in [0.25, 0.3) is 10.0 Å². The maximum Gasteiger partial charge on any atom is 0.387 e. The average molecular weight is 445 g/mol. The molecule has 30 heavy (non-hydrogen) atoms. The summed E-state index contributed by atoms with van der Waals surface area (Å²) in [5.74, 6) is -3.92. The van der Waals surface area contributed by atoms with Crippen LogP contribution < -0.4 is 14.2 Å². The summed E-state index contributed by atoms with van der Waals surface area (Å²) in [5, 5.41) is 18.6. The number of aromatic carboxylic acids is 2. The topological polar surface area (TPSA) is 139 Å². The number of sulfonamides is 1. The maximum absolute atomic E-state index is 12.9. The molecule has 2 aromatic rings. The molecule has 0 unspecified atom stereocenters. The Morgan fingerprint density at radius 2 is 1.67 bits per heavy atom. The van der Waals surface area contributed by atoms with Crippen molar-refractivity contribution >= 4 is 27.6 Å². The summed E-state index contributed by atoms with van der Waals surface area (Å²) in [7, 11) is -3.37. The highest BCUT2D eigenvalue weighted by Crippen LogP contribution is 2.36. The summed E-state index contributed by atoms with van der Waals surface area (Å²) >= 11 is 0. The predicted molar refractivity (Wildman–Crippen MR) is 100 cm³/mol. The zero-order valence-electron chi connectivity index (χ0n) is 15.9. The Kier molecular flexibility index (Phi) is 6.50. The van der Waals surface area contributed by atoms with E-state index in [1.54, 1.807) is 0 Å². The van der Waals surface area contributed by atoms with Crippen LogP contribution in [0.15, 0.2) is 29.2 Å². The molecule has 0 atom stereocenters. The molecule has 0 bridgehead atoms. The lowest BCUT2D eigenvalue weighted by atomic mass is 10.1. The standard InChI is InChI=1S/C18H17F2NO8S/c1-8-4-10(16(22)23)5-15(9(8)2)30(26,27)21-12-7-13(28-3)14(29-18(19)20)6-11(12)17(24)25/h4-7,18,21H,1-3H3,(H,22,23)(H,24,25). The molecule has 0 fully saturated rings. The third-order valence-corrected chi connectivity index (χ3v) is 5.64. The van der Waals surface area contributed by atoms with Crippen LogP contribution in [0, 0.1) is 13.8 Å². The first-order chi connectivity index (χ1) is 13.9. The SMILES string of the molecule is COc1cc(NS(=O)(=O)c2cc(C(=O)O)cc(C)c2C)c(C(=O)O)cc1OC(F)F. The van der Waals surface area contributed by atoms with Crippen LogP contribution in [0.5, 0.6) is 11.5 Å². The van der Waals surface area contributed by atoms with Gasteiger partial charge in [0, 0.05) is 12.1 Å². The molecular formula is C18H17F2NO8S. The monoisotopic (exact) mass is 445 g/mol. The molecule has 12 heteroatoms. The Bertz CT molecular complexity index is 1120. The Morgan fingerprint density at radius 1 is 1.03 bits per heavy atom. The first-order valence-corrected chi connectivity index (χ1v) is 9.63. The van der Waals surface area contributed by atoms with E-state index in [0.29, 0.717) is 11.6 Å². The maximum atomic E-state index is 12.9. The highest BCUT2D eigenvalue weighted by molar-refractivity contribution is 7.92. The number of carboxylic acid groups (broad SMARTS) is 2. The normalized spacial score (nSPS) is 11.3. The quantitative estimate of drug-likeness (QED) is 0.563. The van der Waals surface area contributed by atoms with E-state index in [1.165, 1.54) is 19.9 Å². The highest BCUT2D eigenvalue weighted by Gasteiger charge is 2.25. The molecule has 0 aliphatic heterocycles. The lowest BCUT2D eigenvalue weighted by Gasteiger charge is -2.17. The molecule has 162 valence electrons. The predicted octanol–water partition coefficient (Wildman–Crippen LogP) is 3.11. The number of alkyl halides is 2. The van der Waals surface area contributed by atoms with Crippen LogP contribution >= 0.6 is 0 Å². The van der Waals surface area contributed by atoms with Crippen molar-refractivity contribution in [2.75, 3.05) is 11.8 Å². The summed E-state index contributed by atoms with van der Waals surface area (Å²) in [6, 6.07) is 3.79. The second kappa shape index (κ2) is 8.53. The summed E-state index contributed by atoms with van der Waals surface area (Å²) in [4.78, 5) is 22.4. The Balaban J connectivity index is 2.63. The van der Waals surface area contributed by atoms with E-state index in [4.69, 9.17) is 4.74 Å². The third-order valence-electron chi connectivity index (χ3n) is 4.15. The van der Waals surface area contributed by atoms with Crippen LogP contribution in [0.25, 0.3) is 0 Å². The van der Waals surface area contributed by atoms with Gasteiger partial charge in [0.2, 0.25) is 0 Å². The van der Waals surface area contributed by atoms with Gasteiger partial charge in [0.1, 0.15) is 0 Å². The molecule has 0 saturated carbocycles. The van der Waals surface area contributed by atoms with Crippen molar-refractivity contribution < 1.29 is 46.5 Å². The van der Waals surface area contributed by atoms with Crippen LogP contribution in [0.1, 0.15) is 31.8 Å². The second-order valence-electron chi connectivity index (χ2n) is 6.06. The molecule has 0 aliphatic carbocycles. The second-order valence-corrected chi connectivity index (χ2v) is 7.71. The number of ether oxygens (including phenoxy) is 2. The summed E-state index contributed by atoms with van der Waals surface area (Å²) in [6.45, 7) is -0.302. The van der Waals surface area contributed by atoms with Crippen molar-refractivity contribution in [3.63, 3.8) is 0 Å². The molecule has 0 spiro atoms. The summed E-state index contributed by atoms with van der Waals surface area (Å²) < 4.78 is 62.1. The minimum atomic E-state index is -4.46. The van der Waals surface area contributed by atoms with Gasteiger partial charge in [-0.25, -0.2) is 18.0 Å². The minimum absolute atomic E-state index is 0.244. The van der Waals surface area contributed by atoms with E-state index < -0.39 is 45.6 Å². The van der Waals surface area contributed by atoms with Gasteiger partial charge in [-0.15, -0.1) is 0 Å². The summed E-state index contributed by atoms with van der Waals surface area (Å²) in [5.41, 5.74) is -0.825. The number of rotatable bonds is 8. The van der Waals surface area contributed by atoms with Crippen LogP contribution in [-0.4, -0.2) is 44.3 Å². The molecule has 0 saturated heterocycles. The van der Waals surface area contributed by atoms with Crippen molar-refractivity contribution in [3.05, 3.63) is 46.5 Å². The number of anilines is 1. The minimum Gasteiger partial charge on any atom is -0.493 e. The molecule has 0 radical (unpaired) electrons. The van der Waals surface area contributed by atoms with Gasteiger partial charge in [-0.3, -0.25) is 4.72 Å². The summed E-state index contributed by atoms with van der Waals surface area (Å²) in [6.07, 6.45) is 0. The first-order valence-electron chi connectivity index (χ1n) is 8.15. The van der Waals surface area contributed by atoms with E-state index in [2.05, 4.69) is 4.74 Å². The smallest absolute Gasteiger partial charge is 0.387 e. The molecule has 0 aliphatic rings. The third kappa shape index (κ3) is 4.76. The van der Waals surface area contributed by atoms with Crippen molar-refractivity contribution in [2.24, 2.45) is 0 Å². The highest BCUT2D eigenvalue weighted by atomic mass is 32.2. The number of hydrogen-bond acceptors (Lipinski definition) is 6. The van der Waals surface area contributed by atoms with Gasteiger partial charge in [-0.2, -0.15) is 8.78 Å². The van der Waals surface area contributed by atoms with Gasteiger partial charge >= 0.3 is 18.6 Å². The molecule has 0 heterocycles. The fourth-order valence-electron chi connectivity index (χ4n) is 2.60. The van der Waals surface area contributed by atoms with E-state index in [-0.39, 0.29) is 21.8 Å². The Morgan fingerprint density at radius 3 is 2.17 bits per heavy atom. The lowest BCUT2D eigenvalue weighted by molar-refractivity contribution is -0.0512. The number of benzene rings is 2. The number of carbonyl (C=O) groups is 2. The van der Waals surface area contributed by atoms with E-state index in [0.717, 1.165) is 19.2 Å². The van der Waals surface area contributed by atoms with Gasteiger partial charge in [-0.1, -0.05) is 0 Å². The molecule has 0 aromatic heterocycles. The lowest BCUT2D eigenvalue weighted by Crippen LogP contribution is -2.18. The van der Waals surface area contributed by atoms with Gasteiger partial charge in [0.15, 0.2) is 11.5 Å². The van der Waals surface area contributed by atoms with Crippen molar-refractivity contribution in [1.29, 1.82) is 0 Å². The molecule has 2 aromatic carbocycles. The number of aryl methyl sites for hydroxylation is 1. The molecule has 3 N–H and O–H groups in total. The number of hydrogen-bond donors (Lipinski definition) is 3. The average Bonchev–Trinajstić information content (AvgIpc) is 2.63. The van der Waals surface area contributed by atoms with Crippen LogP contribution in [0.4, 0.5) is 14.5 Å². The number of nitrogens with one attached hydrogen (secondary N) is 1. The van der Waals surface area contributed by atoms with Crippen LogP contribution in [0.3, 0.4) is 0 Å². The van der Waals surface area contributed by atoms with Crippen LogP contribution in [0.2, 0.25) is 0 Å². The first kappa shape index (κ1) is 22.9. The molecule has 9 nitrogen and oxygen atoms in total. The van der Waals surface area contributed by atoms with Gasteiger partial charge in [-0.05, 0) is 37.1 Å². The van der Waals surface area contributed by atoms with Gasteiger partial charge < -0.3 is 19.7 Å². The fourth-order valence-corrected chi connectivity index (χ4v) is 4.01. The number of halogens is 2. The van der Waals surface area contributed by atoms with E-state index in [9.17, 15) is 37.0 Å². The molecular weight excluding hydrogens is 428 g/mol. The van der Waals surface area contributed by atoms with Crippen LogP contribution in [-0.2, 0) is 10.0 Å². The Hall–Kier alpha value is -3.41. The largest absolute Gasteiger partial charge is 0.493 e. The number of carboxylic acids is 2. The van der Waals surface area contributed by atoms with Crippen molar-refractivity contribution in [3.8, 4) is 11.5 Å². The van der Waals surface area contributed by atoms with Crippen molar-refractivity contribution in [2.45, 2.75) is 25.4 Å². The van der Waals surface area contributed by atoms with Gasteiger partial charge in [0.05, 0.1) is 28.8 Å².